The van der Waals surface area contributed by atoms with Gasteiger partial charge in [-0.2, -0.15) is 4.52 Å². The molecule has 1 aliphatic rings. The van der Waals surface area contributed by atoms with Crippen molar-refractivity contribution in [3.05, 3.63) is 60.2 Å². The predicted molar refractivity (Wildman–Crippen MR) is 127 cm³/mol. The van der Waals surface area contributed by atoms with E-state index < -0.39 is 0 Å². The second-order valence-corrected chi connectivity index (χ2v) is 8.37. The number of hydrogen-bond acceptors (Lipinski definition) is 9. The molecular formula is C24H28N8O2. The monoisotopic (exact) mass is 460 g/mol. The van der Waals surface area contributed by atoms with Crippen LogP contribution in [0.4, 0.5) is 0 Å². The summed E-state index contributed by atoms with van der Waals surface area (Å²) in [4.78, 5) is 13.8. The van der Waals surface area contributed by atoms with Crippen LogP contribution in [0.15, 0.2) is 48.8 Å². The molecular weight excluding hydrogens is 432 g/mol. The quantitative estimate of drug-likeness (QED) is 0.390. The van der Waals surface area contributed by atoms with E-state index in [9.17, 15) is 0 Å². The molecule has 0 saturated carbocycles. The molecule has 176 valence electrons. The first-order valence-corrected chi connectivity index (χ1v) is 11.4. The van der Waals surface area contributed by atoms with Gasteiger partial charge in [-0.3, -0.25) is 4.90 Å². The van der Waals surface area contributed by atoms with Crippen LogP contribution in [0.2, 0.25) is 0 Å². The van der Waals surface area contributed by atoms with E-state index in [4.69, 9.17) is 9.47 Å². The van der Waals surface area contributed by atoms with Gasteiger partial charge in [-0.05, 0) is 24.7 Å². The van der Waals surface area contributed by atoms with Crippen molar-refractivity contribution in [2.75, 3.05) is 53.5 Å². The maximum absolute atomic E-state index is 5.86. The van der Waals surface area contributed by atoms with E-state index in [0.29, 0.717) is 36.1 Å². The Morgan fingerprint density at radius 3 is 2.59 bits per heavy atom. The van der Waals surface area contributed by atoms with Gasteiger partial charge in [-0.25, -0.2) is 9.97 Å². The van der Waals surface area contributed by atoms with Crippen molar-refractivity contribution < 1.29 is 9.47 Å². The number of piperazine rings is 1. The molecule has 1 fully saturated rings. The zero-order valence-corrected chi connectivity index (χ0v) is 19.5. The highest BCUT2D eigenvalue weighted by molar-refractivity contribution is 5.56. The second-order valence-electron chi connectivity index (χ2n) is 8.37. The summed E-state index contributed by atoms with van der Waals surface area (Å²) in [5.74, 6) is 2.58. The van der Waals surface area contributed by atoms with Gasteiger partial charge in [-0.15, -0.1) is 15.3 Å². The van der Waals surface area contributed by atoms with Crippen LogP contribution in [0.1, 0.15) is 11.4 Å². The van der Waals surface area contributed by atoms with E-state index in [1.54, 1.807) is 30.1 Å². The molecule has 0 amide bonds. The fraction of sp³-hybridized carbons (Fsp3) is 0.375. The first-order valence-electron chi connectivity index (χ1n) is 11.4. The maximum Gasteiger partial charge on any atom is 0.231 e. The summed E-state index contributed by atoms with van der Waals surface area (Å²) in [5.41, 5.74) is 2.67. The summed E-state index contributed by atoms with van der Waals surface area (Å²) in [6.07, 6.45) is 4.05. The Balaban J connectivity index is 1.22. The van der Waals surface area contributed by atoms with Crippen molar-refractivity contribution in [2.45, 2.75) is 6.42 Å². The van der Waals surface area contributed by atoms with Gasteiger partial charge < -0.3 is 14.4 Å². The standard InChI is InChI=1S/C24H28N8O2/c1-30-8-10-31(11-9-30)12-13-34-20-16-25-24(26-17-20)19-5-3-4-18(14-19)15-22-28-27-21-6-7-23(33-2)29-32(21)22/h3-7,14,16-17H,8-13,15H2,1-2H3. The highest BCUT2D eigenvalue weighted by atomic mass is 16.5. The van der Waals surface area contributed by atoms with Gasteiger partial charge in [-0.1, -0.05) is 18.2 Å². The Bertz CT molecular complexity index is 1240. The van der Waals surface area contributed by atoms with Gasteiger partial charge in [0.1, 0.15) is 6.61 Å². The SMILES string of the molecule is COc1ccc2nnc(Cc3cccc(-c4ncc(OCCN5CCN(C)CC5)cn4)c3)n2n1. The van der Waals surface area contributed by atoms with Crippen molar-refractivity contribution in [3.8, 4) is 23.0 Å². The number of hydrogen-bond donors (Lipinski definition) is 0. The predicted octanol–water partition coefficient (Wildman–Crippen LogP) is 1.81. The summed E-state index contributed by atoms with van der Waals surface area (Å²) in [6, 6.07) is 11.7. The summed E-state index contributed by atoms with van der Waals surface area (Å²) in [5, 5.41) is 12.9. The lowest BCUT2D eigenvalue weighted by Gasteiger charge is -2.32. The number of aromatic nitrogens is 6. The van der Waals surface area contributed by atoms with Crippen LogP contribution in [0, 0.1) is 0 Å². The lowest BCUT2D eigenvalue weighted by molar-refractivity contribution is 0.133. The molecule has 0 radical (unpaired) electrons. The molecule has 1 aliphatic heterocycles. The topological polar surface area (TPSA) is 93.8 Å². The lowest BCUT2D eigenvalue weighted by atomic mass is 10.1. The van der Waals surface area contributed by atoms with Crippen LogP contribution in [0.3, 0.4) is 0 Å². The minimum atomic E-state index is 0.515. The molecule has 10 heteroatoms. The molecule has 10 nitrogen and oxygen atoms in total. The molecule has 0 bridgehead atoms. The molecule has 34 heavy (non-hydrogen) atoms. The molecule has 1 aromatic carbocycles. The molecule has 0 unspecified atom stereocenters. The zero-order chi connectivity index (χ0) is 23.3. The van der Waals surface area contributed by atoms with Gasteiger partial charge >= 0.3 is 0 Å². The third-order valence-corrected chi connectivity index (χ3v) is 5.96. The zero-order valence-electron chi connectivity index (χ0n) is 19.5. The highest BCUT2D eigenvalue weighted by Gasteiger charge is 2.14. The molecule has 0 atom stereocenters. The minimum absolute atomic E-state index is 0.515. The normalized spacial score (nSPS) is 15.0. The third kappa shape index (κ3) is 5.13. The number of methoxy groups -OCH3 is 1. The van der Waals surface area contributed by atoms with Crippen molar-refractivity contribution in [1.82, 2.24) is 39.6 Å². The molecule has 1 saturated heterocycles. The Morgan fingerprint density at radius 2 is 1.79 bits per heavy atom. The minimum Gasteiger partial charge on any atom is -0.489 e. The summed E-state index contributed by atoms with van der Waals surface area (Å²) >= 11 is 0. The van der Waals surface area contributed by atoms with E-state index in [1.807, 2.05) is 24.3 Å². The molecule has 4 aromatic rings. The van der Waals surface area contributed by atoms with Crippen molar-refractivity contribution in [2.24, 2.45) is 0 Å². The van der Waals surface area contributed by atoms with Crippen LogP contribution >= 0.6 is 0 Å². The van der Waals surface area contributed by atoms with Crippen LogP contribution in [-0.4, -0.2) is 93.1 Å². The first kappa shape index (κ1) is 22.2. The number of likely N-dealkylation sites (N-methyl/N-ethyl adjacent to an activating group) is 1. The third-order valence-electron chi connectivity index (χ3n) is 5.96. The Morgan fingerprint density at radius 1 is 0.971 bits per heavy atom. The van der Waals surface area contributed by atoms with Crippen LogP contribution in [-0.2, 0) is 6.42 Å². The summed E-state index contributed by atoms with van der Waals surface area (Å²) in [6.45, 7) is 5.92. The fourth-order valence-electron chi connectivity index (χ4n) is 3.94. The fourth-order valence-corrected chi connectivity index (χ4v) is 3.94. The van der Waals surface area contributed by atoms with E-state index in [0.717, 1.165) is 49.7 Å². The Hall–Kier alpha value is -3.63. The van der Waals surface area contributed by atoms with Crippen LogP contribution in [0.5, 0.6) is 11.6 Å². The van der Waals surface area contributed by atoms with Crippen LogP contribution in [0.25, 0.3) is 17.0 Å². The maximum atomic E-state index is 5.86. The second kappa shape index (κ2) is 10.1. The first-order chi connectivity index (χ1) is 16.7. The molecule has 0 spiro atoms. The van der Waals surface area contributed by atoms with Gasteiger partial charge in [0.2, 0.25) is 5.88 Å². The Kier molecular flexibility index (Phi) is 6.59. The van der Waals surface area contributed by atoms with Crippen molar-refractivity contribution in [3.63, 3.8) is 0 Å². The van der Waals surface area contributed by atoms with E-state index in [-0.39, 0.29) is 0 Å². The van der Waals surface area contributed by atoms with Crippen molar-refractivity contribution in [1.29, 1.82) is 0 Å². The smallest absolute Gasteiger partial charge is 0.231 e. The molecule has 0 aliphatic carbocycles. The van der Waals surface area contributed by atoms with Gasteiger partial charge in [0.15, 0.2) is 23.0 Å². The molecule has 0 N–H and O–H groups in total. The number of nitrogens with zero attached hydrogens (tertiary/aromatic N) is 8. The molecule has 4 heterocycles. The number of rotatable bonds is 8. The highest BCUT2D eigenvalue weighted by Crippen LogP contribution is 2.20. The van der Waals surface area contributed by atoms with Crippen molar-refractivity contribution >= 4 is 5.65 Å². The molecule has 5 rings (SSSR count). The van der Waals surface area contributed by atoms with Gasteiger partial charge in [0, 0.05) is 50.8 Å². The largest absolute Gasteiger partial charge is 0.489 e. The van der Waals surface area contributed by atoms with E-state index in [1.165, 1.54) is 0 Å². The summed E-state index contributed by atoms with van der Waals surface area (Å²) in [7, 11) is 3.75. The van der Waals surface area contributed by atoms with E-state index in [2.05, 4.69) is 48.2 Å². The molecule has 3 aromatic heterocycles. The average Bonchev–Trinajstić information content (AvgIpc) is 3.27. The number of fused-ring (bicyclic) bond motifs is 1. The average molecular weight is 461 g/mol. The number of benzene rings is 1. The van der Waals surface area contributed by atoms with E-state index >= 15 is 0 Å². The van der Waals surface area contributed by atoms with Crippen LogP contribution < -0.4 is 9.47 Å². The lowest BCUT2D eigenvalue weighted by Crippen LogP contribution is -2.45. The number of ether oxygens (including phenoxy) is 2. The van der Waals surface area contributed by atoms with Gasteiger partial charge in [0.25, 0.3) is 0 Å². The summed E-state index contributed by atoms with van der Waals surface area (Å²) < 4.78 is 12.8. The Labute approximate surface area is 198 Å². The van der Waals surface area contributed by atoms with Gasteiger partial charge in [0.05, 0.1) is 19.5 Å².